The van der Waals surface area contributed by atoms with Gasteiger partial charge in [0.25, 0.3) is 6.02 Å². The Kier molecular flexibility index (Phi) is 2.01. The Morgan fingerprint density at radius 3 is 2.86 bits per heavy atom. The van der Waals surface area contributed by atoms with Crippen molar-refractivity contribution in [2.24, 2.45) is 15.9 Å². The van der Waals surface area contributed by atoms with Crippen LogP contribution in [0.5, 0.6) is 0 Å². The summed E-state index contributed by atoms with van der Waals surface area (Å²) in [6.45, 7) is 0.405. The Labute approximate surface area is 81.0 Å². The Bertz CT molecular complexity index is 335. The summed E-state index contributed by atoms with van der Waals surface area (Å²) in [6, 6.07) is 0.456. The highest BCUT2D eigenvalue weighted by Crippen LogP contribution is 2.17. The summed E-state index contributed by atoms with van der Waals surface area (Å²) in [5.41, 5.74) is 0. The highest BCUT2D eigenvalue weighted by Gasteiger charge is 2.32. The second kappa shape index (κ2) is 3.18. The first kappa shape index (κ1) is 8.82. The zero-order valence-electron chi connectivity index (χ0n) is 7.97. The molecule has 0 saturated heterocycles. The third-order valence-corrected chi connectivity index (χ3v) is 1.91. The molecule has 0 amide bonds. The van der Waals surface area contributed by atoms with Crippen LogP contribution in [-0.2, 0) is 9.47 Å². The molecule has 0 aromatic heterocycles. The van der Waals surface area contributed by atoms with E-state index >= 15 is 0 Å². The average Bonchev–Trinajstić information content (AvgIpc) is 2.57. The molecule has 0 bridgehead atoms. The summed E-state index contributed by atoms with van der Waals surface area (Å²) in [5.74, 6) is 6.72. The number of fused-ring (bicyclic) bond motifs is 1. The lowest BCUT2D eigenvalue weighted by Gasteiger charge is -2.22. The molecule has 0 radical (unpaired) electrons. The molecule has 0 unspecified atom stereocenters. The number of amidine groups is 2. The normalized spacial score (nSPS) is 19.8. The molecule has 7 nitrogen and oxygen atoms in total. The smallest absolute Gasteiger partial charge is 0.299 e. The van der Waals surface area contributed by atoms with E-state index in [1.807, 2.05) is 0 Å². The molecule has 2 heterocycles. The standard InChI is InChI=1S/C7H11N5O2/c1-13-5-3-9-7(14-2)11-4-12(8)10-6(5)11/h3H,4,8H2,1-2H3. The fourth-order valence-electron chi connectivity index (χ4n) is 1.30. The number of hydrogen-bond acceptors (Lipinski definition) is 7. The van der Waals surface area contributed by atoms with Crippen molar-refractivity contribution < 1.29 is 9.47 Å². The van der Waals surface area contributed by atoms with Crippen LogP contribution in [0.4, 0.5) is 0 Å². The van der Waals surface area contributed by atoms with E-state index in [4.69, 9.17) is 15.3 Å². The van der Waals surface area contributed by atoms with Gasteiger partial charge in [0.2, 0.25) is 5.84 Å². The van der Waals surface area contributed by atoms with Crippen LogP contribution in [0.15, 0.2) is 22.1 Å². The van der Waals surface area contributed by atoms with Gasteiger partial charge in [-0.3, -0.25) is 4.90 Å². The largest absolute Gasteiger partial charge is 0.491 e. The summed E-state index contributed by atoms with van der Waals surface area (Å²) < 4.78 is 10.1. The third-order valence-electron chi connectivity index (χ3n) is 1.91. The summed E-state index contributed by atoms with van der Waals surface area (Å²) in [6.07, 6.45) is 1.55. The van der Waals surface area contributed by atoms with Crippen molar-refractivity contribution in [1.82, 2.24) is 10.0 Å². The number of rotatable bonds is 1. The van der Waals surface area contributed by atoms with Crippen molar-refractivity contribution in [3.63, 3.8) is 0 Å². The number of aliphatic imine (C=N–C) groups is 1. The minimum Gasteiger partial charge on any atom is -0.491 e. The number of hydrazine groups is 1. The van der Waals surface area contributed by atoms with Crippen molar-refractivity contribution >= 4 is 11.9 Å². The molecule has 2 N–H and O–H groups in total. The second-order valence-electron chi connectivity index (χ2n) is 2.75. The maximum Gasteiger partial charge on any atom is 0.299 e. The van der Waals surface area contributed by atoms with Crippen LogP contribution in [0, 0.1) is 0 Å². The first-order valence-corrected chi connectivity index (χ1v) is 4.01. The molecule has 0 saturated carbocycles. The number of hydrazone groups is 1. The Balaban J connectivity index is 2.35. The molecule has 0 aliphatic carbocycles. The maximum atomic E-state index is 5.54. The van der Waals surface area contributed by atoms with Gasteiger partial charge in [-0.05, 0) is 0 Å². The molecule has 7 heteroatoms. The molecule has 0 aromatic carbocycles. The minimum atomic E-state index is 0.405. The molecule has 14 heavy (non-hydrogen) atoms. The van der Waals surface area contributed by atoms with E-state index in [1.165, 1.54) is 5.12 Å². The molecule has 0 atom stereocenters. The van der Waals surface area contributed by atoms with E-state index in [0.717, 1.165) is 0 Å². The number of nitrogens with two attached hydrogens (primary N) is 1. The van der Waals surface area contributed by atoms with E-state index in [9.17, 15) is 0 Å². The predicted molar refractivity (Wildman–Crippen MR) is 49.7 cm³/mol. The number of ether oxygens (including phenoxy) is 2. The Morgan fingerprint density at radius 1 is 1.43 bits per heavy atom. The van der Waals surface area contributed by atoms with Gasteiger partial charge in [-0.25, -0.2) is 16.0 Å². The molecule has 0 aromatic rings. The van der Waals surface area contributed by atoms with Crippen LogP contribution in [0.2, 0.25) is 0 Å². The number of methoxy groups -OCH3 is 2. The first-order chi connectivity index (χ1) is 6.76. The van der Waals surface area contributed by atoms with Crippen molar-refractivity contribution in [3.05, 3.63) is 12.0 Å². The quantitative estimate of drug-likeness (QED) is 0.560. The second-order valence-corrected chi connectivity index (χ2v) is 2.75. The Morgan fingerprint density at radius 2 is 2.21 bits per heavy atom. The van der Waals surface area contributed by atoms with Crippen LogP contribution in [0.25, 0.3) is 0 Å². The molecular weight excluding hydrogens is 186 g/mol. The van der Waals surface area contributed by atoms with E-state index in [0.29, 0.717) is 24.3 Å². The SMILES string of the molecule is COC1=CN=C(OC)N2CN(N)N=C12. The van der Waals surface area contributed by atoms with Crippen LogP contribution in [0.1, 0.15) is 0 Å². The fourth-order valence-corrected chi connectivity index (χ4v) is 1.30. The van der Waals surface area contributed by atoms with Gasteiger partial charge in [0.15, 0.2) is 5.76 Å². The topological polar surface area (TPSA) is 75.7 Å². The molecule has 2 rings (SSSR count). The van der Waals surface area contributed by atoms with Crippen LogP contribution < -0.4 is 5.84 Å². The van der Waals surface area contributed by atoms with Gasteiger partial charge < -0.3 is 9.47 Å². The minimum absolute atomic E-state index is 0.405. The van der Waals surface area contributed by atoms with Crippen LogP contribution >= 0.6 is 0 Å². The highest BCUT2D eigenvalue weighted by atomic mass is 16.5. The van der Waals surface area contributed by atoms with Crippen molar-refractivity contribution in [2.75, 3.05) is 20.9 Å². The molecule has 0 spiro atoms. The Hall–Kier alpha value is -1.76. The van der Waals surface area contributed by atoms with Gasteiger partial charge in [-0.15, -0.1) is 5.10 Å². The summed E-state index contributed by atoms with van der Waals surface area (Å²) in [4.78, 5) is 5.77. The zero-order valence-corrected chi connectivity index (χ0v) is 7.97. The van der Waals surface area contributed by atoms with Gasteiger partial charge >= 0.3 is 0 Å². The predicted octanol–water partition coefficient (Wildman–Crippen LogP) is -0.747. The van der Waals surface area contributed by atoms with Crippen LogP contribution in [-0.4, -0.2) is 42.8 Å². The van der Waals surface area contributed by atoms with E-state index in [2.05, 4.69) is 10.1 Å². The number of hydrogen-bond donors (Lipinski definition) is 1. The van der Waals surface area contributed by atoms with Crippen LogP contribution in [0.3, 0.4) is 0 Å². The highest BCUT2D eigenvalue weighted by molar-refractivity contribution is 6.08. The van der Waals surface area contributed by atoms with Gasteiger partial charge in [-0.1, -0.05) is 0 Å². The molecule has 2 aliphatic heterocycles. The average molecular weight is 197 g/mol. The monoisotopic (exact) mass is 197 g/mol. The van der Waals surface area contributed by atoms with E-state index in [-0.39, 0.29) is 0 Å². The summed E-state index contributed by atoms with van der Waals surface area (Å²) >= 11 is 0. The van der Waals surface area contributed by atoms with Crippen molar-refractivity contribution in [3.8, 4) is 0 Å². The summed E-state index contributed by atoms with van der Waals surface area (Å²) in [7, 11) is 3.10. The first-order valence-electron chi connectivity index (χ1n) is 4.01. The van der Waals surface area contributed by atoms with Gasteiger partial charge in [-0.2, -0.15) is 0 Å². The fraction of sp³-hybridized carbons (Fsp3) is 0.429. The summed E-state index contributed by atoms with van der Waals surface area (Å²) in [5, 5.41) is 5.35. The lowest BCUT2D eigenvalue weighted by atomic mass is 10.4. The molecule has 2 aliphatic rings. The van der Waals surface area contributed by atoms with E-state index in [1.54, 1.807) is 25.3 Å². The van der Waals surface area contributed by atoms with Crippen molar-refractivity contribution in [2.45, 2.75) is 0 Å². The zero-order chi connectivity index (χ0) is 10.1. The van der Waals surface area contributed by atoms with Crippen molar-refractivity contribution in [1.29, 1.82) is 0 Å². The van der Waals surface area contributed by atoms with Gasteiger partial charge in [0.1, 0.15) is 6.67 Å². The molecule has 0 fully saturated rings. The lowest BCUT2D eigenvalue weighted by molar-refractivity contribution is 0.245. The lowest BCUT2D eigenvalue weighted by Crippen LogP contribution is -2.41. The van der Waals surface area contributed by atoms with Gasteiger partial charge in [0, 0.05) is 0 Å². The van der Waals surface area contributed by atoms with E-state index < -0.39 is 0 Å². The third kappa shape index (κ3) is 1.18. The maximum absolute atomic E-state index is 5.54. The molecular formula is C7H11N5O2. The van der Waals surface area contributed by atoms with Gasteiger partial charge in [0.05, 0.1) is 20.4 Å². The molecule has 76 valence electrons. The number of nitrogens with zero attached hydrogens (tertiary/aromatic N) is 4.